The number of aromatic nitrogens is 2. The van der Waals surface area contributed by atoms with Gasteiger partial charge >= 0.3 is 0 Å². The summed E-state index contributed by atoms with van der Waals surface area (Å²) in [6.07, 6.45) is 0.775. The number of rotatable bonds is 5. The maximum Gasteiger partial charge on any atom is 0.245 e. The molecule has 0 unspecified atom stereocenters. The van der Waals surface area contributed by atoms with Crippen LogP contribution in [0.3, 0.4) is 0 Å². The molecule has 1 heterocycles. The molecular formula is C8H14ClN5O2S. The van der Waals surface area contributed by atoms with Gasteiger partial charge in [-0.2, -0.15) is 0 Å². The van der Waals surface area contributed by atoms with E-state index in [-0.39, 0.29) is 37.3 Å². The Labute approximate surface area is 109 Å². The summed E-state index contributed by atoms with van der Waals surface area (Å²) in [6, 6.07) is 0. The first-order valence-corrected chi connectivity index (χ1v) is 5.56. The van der Waals surface area contributed by atoms with Gasteiger partial charge in [0, 0.05) is 0 Å². The zero-order valence-corrected chi connectivity index (χ0v) is 10.9. The summed E-state index contributed by atoms with van der Waals surface area (Å²) >= 11 is 1.31. The van der Waals surface area contributed by atoms with Gasteiger partial charge in [0.1, 0.15) is 5.01 Å². The molecule has 0 aromatic carbocycles. The van der Waals surface area contributed by atoms with Crippen LogP contribution in [0.2, 0.25) is 0 Å². The maximum absolute atomic E-state index is 11.3. The second kappa shape index (κ2) is 7.93. The van der Waals surface area contributed by atoms with Crippen LogP contribution in [-0.2, 0) is 16.0 Å². The molecule has 0 fully saturated rings. The van der Waals surface area contributed by atoms with Gasteiger partial charge in [0.25, 0.3) is 0 Å². The fraction of sp³-hybridized carbons (Fsp3) is 0.500. The lowest BCUT2D eigenvalue weighted by atomic mass is 10.5. The highest BCUT2D eigenvalue weighted by Crippen LogP contribution is 2.14. The van der Waals surface area contributed by atoms with E-state index in [1.54, 1.807) is 0 Å². The van der Waals surface area contributed by atoms with E-state index >= 15 is 0 Å². The molecule has 0 saturated heterocycles. The van der Waals surface area contributed by atoms with Crippen LogP contribution < -0.4 is 16.4 Å². The standard InChI is InChI=1S/C8H13N5O2S.ClH/c1-2-7-12-13-8(16-7)11-6(15)4-10-5(14)3-9;/h2-4,9H2,1H3,(H,10,14)(H,11,13,15);1H. The Morgan fingerprint density at radius 2 is 2.06 bits per heavy atom. The zero-order valence-electron chi connectivity index (χ0n) is 9.23. The molecule has 1 aromatic rings. The van der Waals surface area contributed by atoms with Crippen LogP contribution in [0.25, 0.3) is 0 Å². The Morgan fingerprint density at radius 1 is 1.35 bits per heavy atom. The molecule has 9 heteroatoms. The Morgan fingerprint density at radius 3 is 2.59 bits per heavy atom. The largest absolute Gasteiger partial charge is 0.346 e. The summed E-state index contributed by atoms with van der Waals surface area (Å²) in [5.74, 6) is -0.720. The lowest BCUT2D eigenvalue weighted by Crippen LogP contribution is -2.36. The van der Waals surface area contributed by atoms with Gasteiger partial charge in [0.05, 0.1) is 13.1 Å². The summed E-state index contributed by atoms with van der Waals surface area (Å²) in [5, 5.41) is 13.8. The van der Waals surface area contributed by atoms with Gasteiger partial charge in [-0.25, -0.2) is 0 Å². The van der Waals surface area contributed by atoms with Crippen molar-refractivity contribution in [1.29, 1.82) is 0 Å². The summed E-state index contributed by atoms with van der Waals surface area (Å²) in [7, 11) is 0. The van der Waals surface area contributed by atoms with Crippen molar-refractivity contribution in [1.82, 2.24) is 15.5 Å². The molecule has 0 radical (unpaired) electrons. The van der Waals surface area contributed by atoms with Crippen molar-refractivity contribution in [2.45, 2.75) is 13.3 Å². The smallest absolute Gasteiger partial charge is 0.245 e. The number of hydrogen-bond acceptors (Lipinski definition) is 6. The fourth-order valence-electron chi connectivity index (χ4n) is 0.861. The predicted octanol–water partition coefficient (Wildman–Crippen LogP) is -0.464. The Hall–Kier alpha value is -1.25. The third-order valence-electron chi connectivity index (χ3n) is 1.65. The molecule has 1 aromatic heterocycles. The number of aryl methyl sites for hydroxylation is 1. The predicted molar refractivity (Wildman–Crippen MR) is 67.2 cm³/mol. The van der Waals surface area contributed by atoms with Crippen LogP contribution in [0, 0.1) is 0 Å². The molecule has 4 N–H and O–H groups in total. The number of nitrogens with one attached hydrogen (secondary N) is 2. The lowest BCUT2D eigenvalue weighted by Gasteiger charge is -2.02. The molecular weight excluding hydrogens is 266 g/mol. The lowest BCUT2D eigenvalue weighted by molar-refractivity contribution is -0.123. The van der Waals surface area contributed by atoms with Gasteiger partial charge in [0.15, 0.2) is 0 Å². The Balaban J connectivity index is 0.00000256. The van der Waals surface area contributed by atoms with Gasteiger partial charge < -0.3 is 11.1 Å². The number of carbonyl (C=O) groups excluding carboxylic acids is 2. The van der Waals surface area contributed by atoms with Crippen molar-refractivity contribution in [3.63, 3.8) is 0 Å². The van der Waals surface area contributed by atoms with Gasteiger partial charge in [-0.3, -0.25) is 14.9 Å². The number of amides is 2. The molecule has 0 spiro atoms. The summed E-state index contributed by atoms with van der Waals surface area (Å²) in [6.45, 7) is 1.71. The first-order chi connectivity index (χ1) is 7.65. The SMILES string of the molecule is CCc1nnc(NC(=O)CNC(=O)CN)s1.Cl. The minimum Gasteiger partial charge on any atom is -0.346 e. The van der Waals surface area contributed by atoms with Crippen molar-refractivity contribution in [2.75, 3.05) is 18.4 Å². The maximum atomic E-state index is 11.3. The van der Waals surface area contributed by atoms with E-state index in [2.05, 4.69) is 20.8 Å². The summed E-state index contributed by atoms with van der Waals surface area (Å²) in [4.78, 5) is 22.1. The van der Waals surface area contributed by atoms with Crippen LogP contribution in [0.15, 0.2) is 0 Å². The van der Waals surface area contributed by atoms with Crippen LogP contribution in [0.1, 0.15) is 11.9 Å². The Kier molecular flexibility index (Phi) is 7.35. The topological polar surface area (TPSA) is 110 Å². The zero-order chi connectivity index (χ0) is 12.0. The van der Waals surface area contributed by atoms with E-state index in [1.165, 1.54) is 11.3 Å². The molecule has 7 nitrogen and oxygen atoms in total. The number of hydrogen-bond donors (Lipinski definition) is 3. The van der Waals surface area contributed by atoms with Crippen LogP contribution >= 0.6 is 23.7 Å². The van der Waals surface area contributed by atoms with Crippen molar-refractivity contribution in [3.8, 4) is 0 Å². The summed E-state index contributed by atoms with van der Waals surface area (Å²) < 4.78 is 0. The van der Waals surface area contributed by atoms with Crippen molar-refractivity contribution < 1.29 is 9.59 Å². The molecule has 0 saturated carbocycles. The van der Waals surface area contributed by atoms with Gasteiger partial charge in [-0.15, -0.1) is 22.6 Å². The van der Waals surface area contributed by atoms with Crippen LogP contribution in [-0.4, -0.2) is 35.1 Å². The third kappa shape index (κ3) is 5.57. The molecule has 96 valence electrons. The minimum atomic E-state index is -0.373. The normalized spacial score (nSPS) is 9.29. The average Bonchev–Trinajstić information content (AvgIpc) is 2.73. The monoisotopic (exact) mass is 279 g/mol. The van der Waals surface area contributed by atoms with Crippen molar-refractivity contribution in [2.24, 2.45) is 5.73 Å². The van der Waals surface area contributed by atoms with Crippen molar-refractivity contribution in [3.05, 3.63) is 5.01 Å². The quantitative estimate of drug-likeness (QED) is 0.675. The van der Waals surface area contributed by atoms with Gasteiger partial charge in [-0.1, -0.05) is 18.3 Å². The van der Waals surface area contributed by atoms with E-state index in [4.69, 9.17) is 5.73 Å². The second-order valence-electron chi connectivity index (χ2n) is 2.88. The highest BCUT2D eigenvalue weighted by molar-refractivity contribution is 7.15. The van der Waals surface area contributed by atoms with Crippen LogP contribution in [0.5, 0.6) is 0 Å². The average molecular weight is 280 g/mol. The van der Waals surface area contributed by atoms with E-state index in [9.17, 15) is 9.59 Å². The molecule has 0 aliphatic heterocycles. The first-order valence-electron chi connectivity index (χ1n) is 4.74. The second-order valence-corrected chi connectivity index (χ2v) is 3.95. The number of carbonyl (C=O) groups is 2. The fourth-order valence-corrected chi connectivity index (χ4v) is 1.56. The van der Waals surface area contributed by atoms with Crippen molar-refractivity contribution >= 4 is 40.7 Å². The van der Waals surface area contributed by atoms with Crippen LogP contribution in [0.4, 0.5) is 5.13 Å². The molecule has 1 rings (SSSR count). The number of halogens is 1. The highest BCUT2D eigenvalue weighted by atomic mass is 35.5. The molecule has 0 atom stereocenters. The number of nitrogens with two attached hydrogens (primary N) is 1. The first kappa shape index (κ1) is 15.8. The molecule has 2 amide bonds. The van der Waals surface area contributed by atoms with E-state index in [1.807, 2.05) is 6.92 Å². The molecule has 0 aliphatic carbocycles. The van der Waals surface area contributed by atoms with E-state index < -0.39 is 0 Å². The number of anilines is 1. The molecule has 0 bridgehead atoms. The van der Waals surface area contributed by atoms with Gasteiger partial charge in [0.2, 0.25) is 16.9 Å². The third-order valence-corrected chi connectivity index (χ3v) is 2.63. The minimum absolute atomic E-state index is 0. The van der Waals surface area contributed by atoms with Gasteiger partial charge in [-0.05, 0) is 6.42 Å². The van der Waals surface area contributed by atoms with E-state index in [0.717, 1.165) is 11.4 Å². The summed E-state index contributed by atoms with van der Waals surface area (Å²) in [5.41, 5.74) is 5.07. The molecule has 17 heavy (non-hydrogen) atoms. The number of nitrogens with zero attached hydrogens (tertiary/aromatic N) is 2. The molecule has 0 aliphatic rings. The highest BCUT2D eigenvalue weighted by Gasteiger charge is 2.07. The Bertz CT molecular complexity index is 384. The van der Waals surface area contributed by atoms with E-state index in [0.29, 0.717) is 5.13 Å².